The van der Waals surface area contributed by atoms with Gasteiger partial charge in [-0.05, 0) is 66.6 Å². The van der Waals surface area contributed by atoms with Gasteiger partial charge in [-0.15, -0.1) is 11.3 Å². The van der Waals surface area contributed by atoms with Gasteiger partial charge in [0.05, 0.1) is 12.6 Å². The number of ether oxygens (including phenoxy) is 1. The Morgan fingerprint density at radius 1 is 1.07 bits per heavy atom. The minimum Gasteiger partial charge on any atom is -0.494 e. The normalized spacial score (nSPS) is 15.5. The third kappa shape index (κ3) is 4.46. The molecule has 0 radical (unpaired) electrons. The molecule has 4 nitrogen and oxygen atoms in total. The van der Waals surface area contributed by atoms with Crippen LogP contribution < -0.4 is 4.74 Å². The molecule has 1 atom stereocenters. The predicted octanol–water partition coefficient (Wildman–Crippen LogP) is 5.28. The van der Waals surface area contributed by atoms with Crippen molar-refractivity contribution in [3.05, 3.63) is 87.6 Å². The Hall–Kier alpha value is -2.92. The van der Waals surface area contributed by atoms with Crippen LogP contribution in [0.5, 0.6) is 5.75 Å². The molecule has 0 saturated heterocycles. The van der Waals surface area contributed by atoms with E-state index in [0.29, 0.717) is 25.0 Å². The molecule has 0 fully saturated rings. The molecule has 2 aromatic carbocycles. The molecule has 0 unspecified atom stereocenters. The molecule has 0 N–H and O–H groups in total. The number of benzene rings is 2. The van der Waals surface area contributed by atoms with Gasteiger partial charge in [0.2, 0.25) is 5.91 Å². The number of thiophene rings is 1. The van der Waals surface area contributed by atoms with Crippen LogP contribution in [-0.2, 0) is 11.2 Å². The summed E-state index contributed by atoms with van der Waals surface area (Å²) < 4.78 is 5.75. The molecule has 0 bridgehead atoms. The second-order valence-corrected chi connectivity index (χ2v) is 8.48. The summed E-state index contributed by atoms with van der Waals surface area (Å²) in [5.74, 6) is 0.919. The molecule has 4 rings (SSSR count). The van der Waals surface area contributed by atoms with E-state index in [1.165, 1.54) is 10.4 Å². The van der Waals surface area contributed by atoms with Crippen LogP contribution in [0, 0.1) is 0 Å². The highest BCUT2D eigenvalue weighted by atomic mass is 32.1. The first kappa shape index (κ1) is 20.4. The van der Waals surface area contributed by atoms with Crippen LogP contribution in [-0.4, -0.2) is 29.7 Å². The highest BCUT2D eigenvalue weighted by Gasteiger charge is 2.32. The molecule has 5 heteroatoms. The molecule has 3 aromatic rings. The molecule has 0 saturated carbocycles. The Morgan fingerprint density at radius 3 is 2.57 bits per heavy atom. The highest BCUT2D eigenvalue weighted by Crippen LogP contribution is 2.38. The Bertz CT molecular complexity index is 1010. The number of hydrogen-bond donors (Lipinski definition) is 0. The number of carbonyl (C=O) groups is 2. The molecular formula is C25H25NO3S. The van der Waals surface area contributed by atoms with Crippen LogP contribution in [0.2, 0.25) is 0 Å². The number of ketones is 1. The van der Waals surface area contributed by atoms with E-state index >= 15 is 0 Å². The molecule has 1 aliphatic rings. The van der Waals surface area contributed by atoms with E-state index in [1.54, 1.807) is 42.5 Å². The first-order valence-electron chi connectivity index (χ1n) is 10.3. The number of Topliss-reactive ketones (excluding diaryl/α,β-unsaturated/α-hetero) is 1. The lowest BCUT2D eigenvalue weighted by Crippen LogP contribution is -2.40. The second-order valence-electron chi connectivity index (χ2n) is 7.48. The summed E-state index contributed by atoms with van der Waals surface area (Å²) in [7, 11) is 0. The number of amides is 1. The minimum atomic E-state index is -0.00579. The van der Waals surface area contributed by atoms with Crippen molar-refractivity contribution in [3.63, 3.8) is 0 Å². The molecule has 30 heavy (non-hydrogen) atoms. The van der Waals surface area contributed by atoms with Crippen LogP contribution >= 0.6 is 11.3 Å². The zero-order chi connectivity index (χ0) is 20.9. The Balaban J connectivity index is 1.37. The Morgan fingerprint density at radius 2 is 1.83 bits per heavy atom. The molecule has 2 heterocycles. The summed E-state index contributed by atoms with van der Waals surface area (Å²) in [6.45, 7) is 2.77. The van der Waals surface area contributed by atoms with E-state index in [4.69, 9.17) is 4.74 Å². The number of carbonyl (C=O) groups excluding carboxylic acids is 2. The second kappa shape index (κ2) is 9.26. The molecule has 0 spiro atoms. The van der Waals surface area contributed by atoms with Gasteiger partial charge in [-0.2, -0.15) is 0 Å². The summed E-state index contributed by atoms with van der Waals surface area (Å²) in [4.78, 5) is 27.8. The maximum Gasteiger partial charge on any atom is 0.223 e. The highest BCUT2D eigenvalue weighted by molar-refractivity contribution is 7.10. The summed E-state index contributed by atoms with van der Waals surface area (Å²) in [6.07, 6.45) is 2.03. The summed E-state index contributed by atoms with van der Waals surface area (Å²) in [5, 5.41) is 2.12. The van der Waals surface area contributed by atoms with E-state index in [9.17, 15) is 9.59 Å². The SMILES string of the molecule is CC(=O)c1ccc(OCCCC(=O)N2CCc3sccc3[C@@H]2c2ccccc2)cc1. The number of fused-ring (bicyclic) bond motifs is 1. The van der Waals surface area contributed by atoms with Crippen molar-refractivity contribution in [1.82, 2.24) is 4.90 Å². The van der Waals surface area contributed by atoms with Crippen molar-refractivity contribution < 1.29 is 14.3 Å². The van der Waals surface area contributed by atoms with Crippen LogP contribution in [0.1, 0.15) is 52.2 Å². The van der Waals surface area contributed by atoms with Crippen LogP contribution in [0.25, 0.3) is 0 Å². The quantitative estimate of drug-likeness (QED) is 0.386. The van der Waals surface area contributed by atoms with Gasteiger partial charge < -0.3 is 9.64 Å². The lowest BCUT2D eigenvalue weighted by Gasteiger charge is -2.36. The first-order chi connectivity index (χ1) is 14.6. The van der Waals surface area contributed by atoms with Crippen LogP contribution in [0.15, 0.2) is 66.0 Å². The van der Waals surface area contributed by atoms with Gasteiger partial charge in [0, 0.05) is 23.4 Å². The van der Waals surface area contributed by atoms with Crippen LogP contribution in [0.3, 0.4) is 0 Å². The van der Waals surface area contributed by atoms with Gasteiger partial charge >= 0.3 is 0 Å². The number of nitrogens with zero attached hydrogens (tertiary/aromatic N) is 1. The largest absolute Gasteiger partial charge is 0.494 e. The van der Waals surface area contributed by atoms with E-state index in [1.807, 2.05) is 23.1 Å². The van der Waals surface area contributed by atoms with Crippen molar-refractivity contribution in [1.29, 1.82) is 0 Å². The third-order valence-electron chi connectivity index (χ3n) is 5.47. The maximum absolute atomic E-state index is 13.1. The molecule has 1 aromatic heterocycles. The predicted molar refractivity (Wildman–Crippen MR) is 119 cm³/mol. The average molecular weight is 420 g/mol. The molecule has 1 amide bonds. The first-order valence-corrected chi connectivity index (χ1v) is 11.2. The van der Waals surface area contributed by atoms with Crippen molar-refractivity contribution in [2.75, 3.05) is 13.2 Å². The van der Waals surface area contributed by atoms with E-state index in [2.05, 4.69) is 23.6 Å². The lowest BCUT2D eigenvalue weighted by atomic mass is 9.93. The van der Waals surface area contributed by atoms with Crippen molar-refractivity contribution in [2.24, 2.45) is 0 Å². The zero-order valence-corrected chi connectivity index (χ0v) is 17.9. The van der Waals surface area contributed by atoms with Crippen LogP contribution in [0.4, 0.5) is 0 Å². The van der Waals surface area contributed by atoms with Gasteiger partial charge in [-0.1, -0.05) is 30.3 Å². The van der Waals surface area contributed by atoms with Crippen molar-refractivity contribution in [2.45, 2.75) is 32.2 Å². The molecule has 154 valence electrons. The fourth-order valence-corrected chi connectivity index (χ4v) is 4.83. The monoisotopic (exact) mass is 419 g/mol. The number of hydrogen-bond acceptors (Lipinski definition) is 4. The molecular weight excluding hydrogens is 394 g/mol. The summed E-state index contributed by atoms with van der Waals surface area (Å²) >= 11 is 1.78. The van der Waals surface area contributed by atoms with Gasteiger partial charge in [-0.3, -0.25) is 9.59 Å². The fourth-order valence-electron chi connectivity index (χ4n) is 3.92. The summed E-state index contributed by atoms with van der Waals surface area (Å²) in [6, 6.07) is 19.6. The lowest BCUT2D eigenvalue weighted by molar-refractivity contribution is -0.133. The van der Waals surface area contributed by atoms with Gasteiger partial charge in [-0.25, -0.2) is 0 Å². The van der Waals surface area contributed by atoms with E-state index in [-0.39, 0.29) is 17.7 Å². The third-order valence-corrected chi connectivity index (χ3v) is 6.46. The van der Waals surface area contributed by atoms with E-state index in [0.717, 1.165) is 24.3 Å². The van der Waals surface area contributed by atoms with Crippen molar-refractivity contribution >= 4 is 23.0 Å². The number of rotatable bonds is 7. The standard InChI is InChI=1S/C25H25NO3S/c1-18(27)19-9-11-21(12-10-19)29-16-5-8-24(28)26-15-13-23-22(14-17-30-23)25(26)20-6-3-2-4-7-20/h2-4,6-7,9-12,14,17,25H,5,8,13,15-16H2,1H3/t25-/m0/s1. The van der Waals surface area contributed by atoms with Gasteiger partial charge in [0.1, 0.15) is 5.75 Å². The molecule has 0 aliphatic carbocycles. The summed E-state index contributed by atoms with van der Waals surface area (Å²) in [5.41, 5.74) is 3.09. The van der Waals surface area contributed by atoms with Gasteiger partial charge in [0.25, 0.3) is 0 Å². The van der Waals surface area contributed by atoms with Crippen molar-refractivity contribution in [3.8, 4) is 5.75 Å². The maximum atomic E-state index is 13.1. The topological polar surface area (TPSA) is 46.6 Å². The fraction of sp³-hybridized carbons (Fsp3) is 0.280. The minimum absolute atomic E-state index is 0.00579. The average Bonchev–Trinajstić information content (AvgIpc) is 3.25. The Kier molecular flexibility index (Phi) is 6.29. The zero-order valence-electron chi connectivity index (χ0n) is 17.0. The van der Waals surface area contributed by atoms with Gasteiger partial charge in [0.15, 0.2) is 5.78 Å². The smallest absolute Gasteiger partial charge is 0.223 e. The Labute approximate surface area is 181 Å². The van der Waals surface area contributed by atoms with E-state index < -0.39 is 0 Å². The molecule has 1 aliphatic heterocycles.